The van der Waals surface area contributed by atoms with Gasteiger partial charge in [-0.25, -0.2) is 8.78 Å². The molecule has 2 aromatic carbocycles. The third-order valence-corrected chi connectivity index (χ3v) is 9.69. The number of benzene rings is 2. The Kier molecular flexibility index (Phi) is 7.14. The van der Waals surface area contributed by atoms with Crippen LogP contribution in [0.1, 0.15) is 36.4 Å². The minimum atomic E-state index is -1.59. The van der Waals surface area contributed by atoms with Crippen LogP contribution in [0, 0.1) is 11.8 Å². The Hall–Kier alpha value is -2.55. The van der Waals surface area contributed by atoms with Crippen LogP contribution in [-0.4, -0.2) is 35.6 Å². The van der Waals surface area contributed by atoms with Gasteiger partial charge in [0, 0.05) is 33.6 Å². The van der Waals surface area contributed by atoms with Gasteiger partial charge in [0.2, 0.25) is 11.8 Å². The minimum Gasteiger partial charge on any atom is -0.490 e. The van der Waals surface area contributed by atoms with Crippen LogP contribution in [0.5, 0.6) is 5.75 Å². The van der Waals surface area contributed by atoms with Crippen molar-refractivity contribution in [2.75, 3.05) is 16.8 Å². The summed E-state index contributed by atoms with van der Waals surface area (Å²) in [5, 5.41) is 6.75. The van der Waals surface area contributed by atoms with E-state index < -0.39 is 41.2 Å². The summed E-state index contributed by atoms with van der Waals surface area (Å²) < 4.78 is 36.5. The maximum atomic E-state index is 15.5. The molecule has 204 valence electrons. The zero-order chi connectivity index (χ0) is 27.3. The number of fused-ring (bicyclic) bond motifs is 2. The number of nitrogens with one attached hydrogen (secondary N) is 2. The normalized spacial score (nSPS) is 30.5. The molecule has 1 aliphatic carbocycles. The van der Waals surface area contributed by atoms with Crippen LogP contribution in [0.4, 0.5) is 14.5 Å². The summed E-state index contributed by atoms with van der Waals surface area (Å²) in [6.07, 6.45) is 3.33. The highest BCUT2D eigenvalue weighted by molar-refractivity contribution is 7.99. The summed E-state index contributed by atoms with van der Waals surface area (Å²) >= 11 is 14.6. The number of alkyl halides is 1. The molecule has 2 unspecified atom stereocenters. The second-order valence-corrected chi connectivity index (χ2v) is 12.5. The fourth-order valence-corrected chi connectivity index (χ4v) is 7.88. The molecule has 3 heterocycles. The number of piperidine rings is 1. The first-order valence-corrected chi connectivity index (χ1v) is 14.8. The van der Waals surface area contributed by atoms with E-state index in [0.29, 0.717) is 32.6 Å². The first-order chi connectivity index (χ1) is 18.8. The second-order valence-electron chi connectivity index (χ2n) is 10.4. The Balaban J connectivity index is 1.56. The molecule has 1 spiro atoms. The molecule has 0 radical (unpaired) electrons. The Morgan fingerprint density at radius 1 is 1.05 bits per heavy atom. The van der Waals surface area contributed by atoms with Gasteiger partial charge in [0.25, 0.3) is 0 Å². The number of hydrogen-bond donors (Lipinski definition) is 2. The smallest absolute Gasteiger partial charge is 0.237 e. The lowest BCUT2D eigenvalue weighted by molar-refractivity contribution is -0.135. The number of allylic oxidation sites excluding steroid dienone is 4. The van der Waals surface area contributed by atoms with Crippen LogP contribution in [0.2, 0.25) is 10.0 Å². The summed E-state index contributed by atoms with van der Waals surface area (Å²) in [5.74, 6) is -0.936. The van der Waals surface area contributed by atoms with Gasteiger partial charge >= 0.3 is 0 Å². The molecule has 2 fully saturated rings. The predicted octanol–water partition coefficient (Wildman–Crippen LogP) is 6.71. The van der Waals surface area contributed by atoms with Crippen molar-refractivity contribution in [3.8, 4) is 5.75 Å². The largest absolute Gasteiger partial charge is 0.490 e. The van der Waals surface area contributed by atoms with E-state index >= 15 is 4.39 Å². The van der Waals surface area contributed by atoms with E-state index in [4.69, 9.17) is 27.9 Å². The van der Waals surface area contributed by atoms with Crippen LogP contribution >= 0.6 is 35.0 Å². The molecule has 0 bridgehead atoms. The lowest BCUT2D eigenvalue weighted by Gasteiger charge is -2.49. The molecule has 4 aliphatic rings. The number of thioether (sulfide) groups is 1. The number of halogens is 4. The fraction of sp³-hybridized carbons (Fsp3) is 0.379. The van der Waals surface area contributed by atoms with Crippen LogP contribution in [0.15, 0.2) is 60.5 Å². The fourth-order valence-electron chi connectivity index (χ4n) is 6.46. The van der Waals surface area contributed by atoms with Crippen molar-refractivity contribution >= 4 is 52.5 Å². The number of rotatable bonds is 4. The number of carbonyl (C=O) groups excluding carboxylic acids is 2. The first-order valence-electron chi connectivity index (χ1n) is 12.9. The van der Waals surface area contributed by atoms with Crippen LogP contribution in [0.25, 0.3) is 0 Å². The van der Waals surface area contributed by atoms with E-state index in [2.05, 4.69) is 10.6 Å². The molecule has 3 aliphatic heterocycles. The van der Waals surface area contributed by atoms with Crippen molar-refractivity contribution in [3.63, 3.8) is 0 Å². The Morgan fingerprint density at radius 2 is 1.79 bits per heavy atom. The Bertz CT molecular complexity index is 1400. The quantitative estimate of drug-likeness (QED) is 0.415. The number of hydrogen-bond acceptors (Lipinski definition) is 4. The molecule has 2 amide bonds. The molecular formula is C29H26Cl2F2N2O3S. The predicted molar refractivity (Wildman–Crippen MR) is 150 cm³/mol. The summed E-state index contributed by atoms with van der Waals surface area (Å²) in [5.41, 5.74) is 0.0553. The zero-order valence-electron chi connectivity index (χ0n) is 20.8. The van der Waals surface area contributed by atoms with E-state index in [1.807, 2.05) is 11.8 Å². The minimum absolute atomic E-state index is 0.0311. The molecule has 2 N–H and O–H groups in total. The SMILES string of the molecule is O=C1C[C@@H](C2C=C(F)C=CC2F)[C@]2(C(=O)Nc3cc(Cl)ccc32)[C@@H](c2cc(Cl)ccc2OC2CCSCC2)N1. The molecule has 6 rings (SSSR count). The van der Waals surface area contributed by atoms with Crippen LogP contribution in [-0.2, 0) is 15.0 Å². The molecule has 5 atom stereocenters. The maximum absolute atomic E-state index is 15.5. The molecule has 39 heavy (non-hydrogen) atoms. The van der Waals surface area contributed by atoms with Crippen LogP contribution < -0.4 is 15.4 Å². The van der Waals surface area contributed by atoms with Gasteiger partial charge in [-0.3, -0.25) is 9.59 Å². The number of anilines is 1. The van der Waals surface area contributed by atoms with Gasteiger partial charge in [-0.05, 0) is 84.4 Å². The molecule has 5 nitrogen and oxygen atoms in total. The molecule has 2 aromatic rings. The molecule has 0 saturated carbocycles. The van der Waals surface area contributed by atoms with Crippen molar-refractivity contribution < 1.29 is 23.1 Å². The van der Waals surface area contributed by atoms with Crippen molar-refractivity contribution in [3.05, 3.63) is 81.6 Å². The van der Waals surface area contributed by atoms with E-state index in [1.165, 1.54) is 6.08 Å². The summed E-state index contributed by atoms with van der Waals surface area (Å²) in [4.78, 5) is 27.5. The van der Waals surface area contributed by atoms with E-state index in [0.717, 1.165) is 36.5 Å². The number of amides is 2. The van der Waals surface area contributed by atoms with Crippen molar-refractivity contribution in [1.29, 1.82) is 0 Å². The molecular weight excluding hydrogens is 565 g/mol. The number of ether oxygens (including phenoxy) is 1. The lowest BCUT2D eigenvalue weighted by Crippen LogP contribution is -2.60. The average Bonchev–Trinajstić information content (AvgIpc) is 3.19. The van der Waals surface area contributed by atoms with E-state index in [9.17, 15) is 14.0 Å². The van der Waals surface area contributed by atoms with Gasteiger partial charge in [0.05, 0.1) is 6.04 Å². The van der Waals surface area contributed by atoms with Gasteiger partial charge in [-0.2, -0.15) is 11.8 Å². The highest BCUT2D eigenvalue weighted by Gasteiger charge is 2.63. The first kappa shape index (κ1) is 26.7. The standard InChI is InChI=1S/C29H26Cl2F2N2O3S/c30-15-2-6-25(38-18-7-9-39-10-8-18)20(11-15)27-29(21-4-1-16(31)12-24(21)34-28(29)37)22(14-26(36)35-27)19-13-17(32)3-5-23(19)33/h1-6,11-13,18-19,22-23,27H,7-10,14H2,(H,34,37)(H,35,36)/t19?,22-,23?,27+,29-/m0/s1. The summed E-state index contributed by atoms with van der Waals surface area (Å²) in [7, 11) is 0. The third-order valence-electron chi connectivity index (χ3n) is 8.17. The van der Waals surface area contributed by atoms with Gasteiger partial charge in [-0.15, -0.1) is 0 Å². The lowest BCUT2D eigenvalue weighted by atomic mass is 9.56. The van der Waals surface area contributed by atoms with Gasteiger partial charge < -0.3 is 15.4 Å². The Labute approximate surface area is 239 Å². The van der Waals surface area contributed by atoms with Crippen molar-refractivity contribution in [2.24, 2.45) is 11.8 Å². The van der Waals surface area contributed by atoms with Crippen molar-refractivity contribution in [2.45, 2.75) is 43.0 Å². The van der Waals surface area contributed by atoms with Crippen LogP contribution in [0.3, 0.4) is 0 Å². The maximum Gasteiger partial charge on any atom is 0.237 e. The summed E-state index contributed by atoms with van der Waals surface area (Å²) in [6.45, 7) is 0. The van der Waals surface area contributed by atoms with Gasteiger partial charge in [-0.1, -0.05) is 29.3 Å². The van der Waals surface area contributed by atoms with Gasteiger partial charge in [0.1, 0.15) is 29.3 Å². The average molecular weight is 592 g/mol. The highest BCUT2D eigenvalue weighted by atomic mass is 35.5. The van der Waals surface area contributed by atoms with Crippen molar-refractivity contribution in [1.82, 2.24) is 5.32 Å². The van der Waals surface area contributed by atoms with E-state index in [1.54, 1.807) is 36.4 Å². The summed E-state index contributed by atoms with van der Waals surface area (Å²) in [6, 6.07) is 9.19. The van der Waals surface area contributed by atoms with Gasteiger partial charge in [0.15, 0.2) is 0 Å². The number of carbonyl (C=O) groups is 2. The highest BCUT2D eigenvalue weighted by Crippen LogP contribution is 2.58. The Morgan fingerprint density at radius 3 is 2.59 bits per heavy atom. The molecule has 10 heteroatoms. The third kappa shape index (κ3) is 4.64. The second kappa shape index (κ2) is 10.5. The molecule has 0 aromatic heterocycles. The monoisotopic (exact) mass is 590 g/mol. The zero-order valence-corrected chi connectivity index (χ0v) is 23.1. The molecule has 2 saturated heterocycles. The topological polar surface area (TPSA) is 67.4 Å². The van der Waals surface area contributed by atoms with E-state index in [-0.39, 0.29) is 18.4 Å².